The molecule has 1 amide bonds. The number of hydrogen-bond acceptors (Lipinski definition) is 3. The van der Waals surface area contributed by atoms with Crippen LogP contribution in [0.3, 0.4) is 0 Å². The van der Waals surface area contributed by atoms with E-state index in [0.717, 1.165) is 26.1 Å². The average Bonchev–Trinajstić information content (AvgIpc) is 2.18. The van der Waals surface area contributed by atoms with Crippen LogP contribution >= 0.6 is 0 Å². The Hall–Kier alpha value is -0.610. The van der Waals surface area contributed by atoms with Gasteiger partial charge >= 0.3 is 0 Å². The van der Waals surface area contributed by atoms with Crippen LogP contribution in [0.4, 0.5) is 0 Å². The minimum absolute atomic E-state index is 0.0329. The van der Waals surface area contributed by atoms with Crippen LogP contribution in [0.5, 0.6) is 0 Å². The van der Waals surface area contributed by atoms with Crippen LogP contribution in [0, 0.1) is 0 Å². The fraction of sp³-hybridized carbons (Fsp3) is 0.889. The molecule has 1 saturated heterocycles. The van der Waals surface area contributed by atoms with Gasteiger partial charge in [0.15, 0.2) is 0 Å². The highest BCUT2D eigenvalue weighted by Gasteiger charge is 2.18. The van der Waals surface area contributed by atoms with Crippen LogP contribution in [0.2, 0.25) is 0 Å². The minimum atomic E-state index is -0.128. The van der Waals surface area contributed by atoms with Crippen molar-refractivity contribution >= 4 is 5.91 Å². The molecule has 0 spiro atoms. The van der Waals surface area contributed by atoms with Gasteiger partial charge in [-0.15, -0.1) is 0 Å². The molecule has 2 atom stereocenters. The molecule has 4 nitrogen and oxygen atoms in total. The third kappa shape index (κ3) is 3.32. The van der Waals surface area contributed by atoms with Crippen molar-refractivity contribution in [3.05, 3.63) is 0 Å². The molecule has 0 aromatic rings. The van der Waals surface area contributed by atoms with Crippen molar-refractivity contribution in [1.82, 2.24) is 10.6 Å². The summed E-state index contributed by atoms with van der Waals surface area (Å²) in [5.74, 6) is 0.0329. The quantitative estimate of drug-likeness (QED) is 0.646. The summed E-state index contributed by atoms with van der Waals surface area (Å²) in [6, 6.07) is 0.206. The Kier molecular flexibility index (Phi) is 4.18. The van der Waals surface area contributed by atoms with Crippen molar-refractivity contribution in [3.63, 3.8) is 0 Å². The predicted molar refractivity (Wildman–Crippen MR) is 50.5 cm³/mol. The van der Waals surface area contributed by atoms with Crippen molar-refractivity contribution in [3.8, 4) is 0 Å². The first-order chi connectivity index (χ1) is 6.24. The maximum atomic E-state index is 11.2. The van der Waals surface area contributed by atoms with Gasteiger partial charge in [0, 0.05) is 19.7 Å². The van der Waals surface area contributed by atoms with Crippen molar-refractivity contribution < 1.29 is 9.53 Å². The highest BCUT2D eigenvalue weighted by molar-refractivity contribution is 5.80. The summed E-state index contributed by atoms with van der Waals surface area (Å²) >= 11 is 0. The second kappa shape index (κ2) is 5.19. The van der Waals surface area contributed by atoms with Crippen LogP contribution in [0.15, 0.2) is 0 Å². The molecule has 76 valence electrons. The number of hydrogen-bond donors (Lipinski definition) is 2. The van der Waals surface area contributed by atoms with Gasteiger partial charge in [-0.05, 0) is 19.8 Å². The Morgan fingerprint density at radius 2 is 2.38 bits per heavy atom. The molecule has 1 fully saturated rings. The Balaban J connectivity index is 2.25. The van der Waals surface area contributed by atoms with Gasteiger partial charge in [0.1, 0.15) is 0 Å². The SMILES string of the molecule is CNC(=O)C(C)NC1CCCOC1. The van der Waals surface area contributed by atoms with Crippen LogP contribution < -0.4 is 10.6 Å². The molecule has 4 heteroatoms. The molecule has 2 unspecified atom stereocenters. The molecule has 0 radical (unpaired) electrons. The second-order valence-electron chi connectivity index (χ2n) is 3.42. The summed E-state index contributed by atoms with van der Waals surface area (Å²) in [6.45, 7) is 3.45. The molecule has 0 aliphatic carbocycles. The number of carbonyl (C=O) groups excluding carboxylic acids is 1. The van der Waals surface area contributed by atoms with Crippen molar-refractivity contribution in [2.24, 2.45) is 0 Å². The molecule has 1 aliphatic rings. The first-order valence-corrected chi connectivity index (χ1v) is 4.79. The molecule has 0 aromatic carbocycles. The molecule has 0 saturated carbocycles. The fourth-order valence-corrected chi connectivity index (χ4v) is 1.52. The molecule has 13 heavy (non-hydrogen) atoms. The Labute approximate surface area is 79.0 Å². The zero-order valence-corrected chi connectivity index (χ0v) is 8.30. The van der Waals surface area contributed by atoms with Gasteiger partial charge in [0.05, 0.1) is 12.6 Å². The van der Waals surface area contributed by atoms with E-state index in [0.29, 0.717) is 6.04 Å². The van der Waals surface area contributed by atoms with Gasteiger partial charge in [0.2, 0.25) is 5.91 Å². The number of rotatable bonds is 3. The Bertz CT molecular complexity index is 167. The molecule has 2 N–H and O–H groups in total. The van der Waals surface area contributed by atoms with Crippen LogP contribution in [-0.4, -0.2) is 38.3 Å². The average molecular weight is 186 g/mol. The predicted octanol–water partition coefficient (Wildman–Crippen LogP) is -0.111. The lowest BCUT2D eigenvalue weighted by atomic mass is 10.1. The molecular weight excluding hydrogens is 168 g/mol. The Morgan fingerprint density at radius 1 is 1.62 bits per heavy atom. The molecule has 1 rings (SSSR count). The molecule has 1 heterocycles. The lowest BCUT2D eigenvalue weighted by Gasteiger charge is -2.25. The van der Waals surface area contributed by atoms with Gasteiger partial charge in [-0.3, -0.25) is 4.79 Å². The highest BCUT2D eigenvalue weighted by Crippen LogP contribution is 2.06. The van der Waals surface area contributed by atoms with Crippen LogP contribution in [0.25, 0.3) is 0 Å². The van der Waals surface area contributed by atoms with E-state index in [-0.39, 0.29) is 11.9 Å². The van der Waals surface area contributed by atoms with Gasteiger partial charge in [-0.25, -0.2) is 0 Å². The number of ether oxygens (including phenoxy) is 1. The zero-order valence-electron chi connectivity index (χ0n) is 8.30. The van der Waals surface area contributed by atoms with E-state index in [9.17, 15) is 4.79 Å². The first-order valence-electron chi connectivity index (χ1n) is 4.79. The van der Waals surface area contributed by atoms with E-state index >= 15 is 0 Å². The van der Waals surface area contributed by atoms with Gasteiger partial charge in [0.25, 0.3) is 0 Å². The number of likely N-dealkylation sites (N-methyl/N-ethyl adjacent to an activating group) is 1. The standard InChI is InChI=1S/C9H18N2O2/c1-7(9(12)10-2)11-8-4-3-5-13-6-8/h7-8,11H,3-6H2,1-2H3,(H,10,12). The van der Waals surface area contributed by atoms with Crippen LogP contribution in [0.1, 0.15) is 19.8 Å². The van der Waals surface area contributed by atoms with E-state index in [1.165, 1.54) is 0 Å². The van der Waals surface area contributed by atoms with Crippen molar-refractivity contribution in [2.75, 3.05) is 20.3 Å². The summed E-state index contributed by atoms with van der Waals surface area (Å²) in [6.07, 6.45) is 2.18. The third-order valence-corrected chi connectivity index (χ3v) is 2.29. The summed E-state index contributed by atoms with van der Waals surface area (Å²) < 4.78 is 5.30. The molecule has 1 aliphatic heterocycles. The number of nitrogens with one attached hydrogen (secondary N) is 2. The summed E-state index contributed by atoms with van der Waals surface area (Å²) in [5, 5.41) is 5.84. The molecular formula is C9H18N2O2. The number of amides is 1. The van der Waals surface area contributed by atoms with E-state index in [2.05, 4.69) is 10.6 Å². The van der Waals surface area contributed by atoms with Crippen LogP contribution in [-0.2, 0) is 9.53 Å². The van der Waals surface area contributed by atoms with Gasteiger partial charge < -0.3 is 15.4 Å². The smallest absolute Gasteiger partial charge is 0.236 e. The van der Waals surface area contributed by atoms with E-state index in [1.807, 2.05) is 6.92 Å². The van der Waals surface area contributed by atoms with Gasteiger partial charge in [-0.2, -0.15) is 0 Å². The monoisotopic (exact) mass is 186 g/mol. The maximum Gasteiger partial charge on any atom is 0.236 e. The van der Waals surface area contributed by atoms with Gasteiger partial charge in [-0.1, -0.05) is 0 Å². The summed E-state index contributed by atoms with van der Waals surface area (Å²) in [7, 11) is 1.65. The van der Waals surface area contributed by atoms with E-state index < -0.39 is 0 Å². The molecule has 0 bridgehead atoms. The van der Waals surface area contributed by atoms with Crippen molar-refractivity contribution in [1.29, 1.82) is 0 Å². The lowest BCUT2D eigenvalue weighted by molar-refractivity contribution is -0.122. The summed E-state index contributed by atoms with van der Waals surface area (Å²) in [4.78, 5) is 11.2. The maximum absolute atomic E-state index is 11.2. The minimum Gasteiger partial charge on any atom is -0.380 e. The number of carbonyl (C=O) groups is 1. The van der Waals surface area contributed by atoms with Crippen molar-refractivity contribution in [2.45, 2.75) is 31.8 Å². The fourth-order valence-electron chi connectivity index (χ4n) is 1.52. The Morgan fingerprint density at radius 3 is 2.92 bits per heavy atom. The lowest BCUT2D eigenvalue weighted by Crippen LogP contribution is -2.48. The largest absolute Gasteiger partial charge is 0.380 e. The van der Waals surface area contributed by atoms with E-state index in [1.54, 1.807) is 7.05 Å². The normalized spacial score (nSPS) is 25.2. The zero-order chi connectivity index (χ0) is 9.68. The highest BCUT2D eigenvalue weighted by atomic mass is 16.5. The summed E-state index contributed by atoms with van der Waals surface area (Å²) in [5.41, 5.74) is 0. The molecule has 0 aromatic heterocycles. The second-order valence-corrected chi connectivity index (χ2v) is 3.42. The topological polar surface area (TPSA) is 50.4 Å². The van der Waals surface area contributed by atoms with E-state index in [4.69, 9.17) is 4.74 Å². The third-order valence-electron chi connectivity index (χ3n) is 2.29. The first kappa shape index (κ1) is 10.5.